The maximum absolute atomic E-state index is 12.1. The van der Waals surface area contributed by atoms with E-state index < -0.39 is 11.6 Å². The van der Waals surface area contributed by atoms with E-state index in [9.17, 15) is 9.59 Å². The minimum absolute atomic E-state index is 0.0129. The van der Waals surface area contributed by atoms with Gasteiger partial charge in [0.05, 0.1) is 17.1 Å². The zero-order chi connectivity index (χ0) is 18.6. The first kappa shape index (κ1) is 19.6. The molecule has 7 heteroatoms. The second-order valence-electron chi connectivity index (χ2n) is 6.92. The third-order valence-electron chi connectivity index (χ3n) is 3.74. The molecule has 1 aromatic rings. The highest BCUT2D eigenvalue weighted by atomic mass is 79.9. The van der Waals surface area contributed by atoms with Gasteiger partial charge in [-0.15, -0.1) is 0 Å². The second kappa shape index (κ2) is 8.08. The Bertz CT molecular complexity index is 633. The molecule has 0 bridgehead atoms. The number of methoxy groups -OCH3 is 1. The van der Waals surface area contributed by atoms with Crippen molar-refractivity contribution in [1.82, 2.24) is 4.90 Å². The average molecular weight is 414 g/mol. The van der Waals surface area contributed by atoms with Crippen molar-refractivity contribution in [3.8, 4) is 5.75 Å². The van der Waals surface area contributed by atoms with Crippen molar-refractivity contribution in [2.45, 2.75) is 45.3 Å². The van der Waals surface area contributed by atoms with Crippen LogP contribution in [0.5, 0.6) is 5.75 Å². The van der Waals surface area contributed by atoms with Crippen molar-refractivity contribution in [2.75, 3.05) is 20.2 Å². The highest BCUT2D eigenvalue weighted by Gasteiger charge is 2.28. The molecule has 2 rings (SSSR count). The molecule has 1 aliphatic rings. The lowest BCUT2D eigenvalue weighted by atomic mass is 10.1. The lowest BCUT2D eigenvalue weighted by molar-refractivity contribution is 0.0126. The topological polar surface area (TPSA) is 65.1 Å². The molecule has 0 aliphatic carbocycles. The number of hydrogen-bond acceptors (Lipinski definition) is 5. The van der Waals surface area contributed by atoms with Gasteiger partial charge < -0.3 is 19.1 Å². The number of rotatable bonds is 3. The van der Waals surface area contributed by atoms with E-state index in [-0.39, 0.29) is 12.2 Å². The molecule has 1 aliphatic heterocycles. The van der Waals surface area contributed by atoms with Gasteiger partial charge in [0, 0.05) is 25.9 Å². The molecule has 0 spiro atoms. The molecule has 6 nitrogen and oxygen atoms in total. The summed E-state index contributed by atoms with van der Waals surface area (Å²) in [6.45, 7) is 6.76. The number of halogens is 1. The third-order valence-corrected chi connectivity index (χ3v) is 4.36. The van der Waals surface area contributed by atoms with E-state index in [1.807, 2.05) is 20.8 Å². The summed E-state index contributed by atoms with van der Waals surface area (Å²) in [5.41, 5.74) is -0.0297. The maximum atomic E-state index is 12.1. The zero-order valence-electron chi connectivity index (χ0n) is 15.0. The van der Waals surface area contributed by atoms with E-state index in [2.05, 4.69) is 15.9 Å². The Balaban J connectivity index is 1.90. The Morgan fingerprint density at radius 3 is 2.36 bits per heavy atom. The van der Waals surface area contributed by atoms with E-state index in [0.717, 1.165) is 12.8 Å². The quantitative estimate of drug-likeness (QED) is 0.700. The Morgan fingerprint density at radius 2 is 1.84 bits per heavy atom. The molecule has 1 fully saturated rings. The van der Waals surface area contributed by atoms with Gasteiger partial charge in [0.1, 0.15) is 17.5 Å². The van der Waals surface area contributed by atoms with E-state index in [4.69, 9.17) is 14.2 Å². The van der Waals surface area contributed by atoms with Crippen LogP contribution in [0.15, 0.2) is 22.7 Å². The van der Waals surface area contributed by atoms with E-state index in [1.165, 1.54) is 7.11 Å². The molecule has 1 saturated heterocycles. The Morgan fingerprint density at radius 1 is 1.20 bits per heavy atom. The van der Waals surface area contributed by atoms with Crippen LogP contribution in [-0.2, 0) is 9.47 Å². The standard InChI is InChI=1S/C18H24BrNO5/c1-18(2,3)25-17(22)20-9-7-13(8-10-20)24-15-6-5-12(11-14(15)19)16(21)23-4/h5-6,11,13H,7-10H2,1-4H3. The minimum Gasteiger partial charge on any atom is -0.489 e. The summed E-state index contributed by atoms with van der Waals surface area (Å²) in [4.78, 5) is 25.3. The summed E-state index contributed by atoms with van der Waals surface area (Å²) in [6.07, 6.45) is 1.18. The van der Waals surface area contributed by atoms with Crippen LogP contribution in [0.25, 0.3) is 0 Å². The number of nitrogens with zero attached hydrogens (tertiary/aromatic N) is 1. The molecule has 1 aromatic carbocycles. The van der Waals surface area contributed by atoms with Crippen LogP contribution in [0.1, 0.15) is 44.0 Å². The maximum Gasteiger partial charge on any atom is 0.410 e. The number of likely N-dealkylation sites (tertiary alicyclic amines) is 1. The van der Waals surface area contributed by atoms with Gasteiger partial charge in [-0.2, -0.15) is 0 Å². The molecule has 0 radical (unpaired) electrons. The smallest absolute Gasteiger partial charge is 0.410 e. The van der Waals surface area contributed by atoms with Crippen molar-refractivity contribution < 1.29 is 23.8 Å². The normalized spacial score (nSPS) is 15.6. The van der Waals surface area contributed by atoms with Gasteiger partial charge in [-0.05, 0) is 54.9 Å². The van der Waals surface area contributed by atoms with Gasteiger partial charge in [-0.3, -0.25) is 0 Å². The Labute approximate surface area is 156 Å². The zero-order valence-corrected chi connectivity index (χ0v) is 16.6. The monoisotopic (exact) mass is 413 g/mol. The molecular weight excluding hydrogens is 390 g/mol. The van der Waals surface area contributed by atoms with E-state index in [1.54, 1.807) is 23.1 Å². The van der Waals surface area contributed by atoms with E-state index >= 15 is 0 Å². The third kappa shape index (κ3) is 5.63. The molecule has 1 heterocycles. The summed E-state index contributed by atoms with van der Waals surface area (Å²) in [5.74, 6) is 0.279. The van der Waals surface area contributed by atoms with Crippen molar-refractivity contribution in [3.63, 3.8) is 0 Å². The fourth-order valence-electron chi connectivity index (χ4n) is 2.50. The van der Waals surface area contributed by atoms with Crippen molar-refractivity contribution in [3.05, 3.63) is 28.2 Å². The summed E-state index contributed by atoms with van der Waals surface area (Å²) < 4.78 is 16.8. The fraction of sp³-hybridized carbons (Fsp3) is 0.556. The number of esters is 1. The molecule has 0 atom stereocenters. The van der Waals surface area contributed by atoms with Gasteiger partial charge in [0.15, 0.2) is 0 Å². The fourth-order valence-corrected chi connectivity index (χ4v) is 2.98. The summed E-state index contributed by atoms with van der Waals surface area (Å²) >= 11 is 3.42. The van der Waals surface area contributed by atoms with Crippen LogP contribution in [0.4, 0.5) is 4.79 Å². The number of hydrogen-bond donors (Lipinski definition) is 0. The first-order chi connectivity index (χ1) is 11.7. The second-order valence-corrected chi connectivity index (χ2v) is 7.78. The van der Waals surface area contributed by atoms with Crippen LogP contribution >= 0.6 is 15.9 Å². The highest BCUT2D eigenvalue weighted by Crippen LogP contribution is 2.29. The molecule has 0 aromatic heterocycles. The minimum atomic E-state index is -0.489. The van der Waals surface area contributed by atoms with Gasteiger partial charge in [0.2, 0.25) is 0 Å². The summed E-state index contributed by atoms with van der Waals surface area (Å²) in [5, 5.41) is 0. The van der Waals surface area contributed by atoms with Crippen LogP contribution in [-0.4, -0.2) is 48.9 Å². The van der Waals surface area contributed by atoms with E-state index in [0.29, 0.717) is 28.9 Å². The lowest BCUT2D eigenvalue weighted by Crippen LogP contribution is -2.44. The molecule has 25 heavy (non-hydrogen) atoms. The first-order valence-corrected chi connectivity index (χ1v) is 9.01. The number of ether oxygens (including phenoxy) is 3. The number of piperidine rings is 1. The van der Waals surface area contributed by atoms with Crippen LogP contribution in [0.3, 0.4) is 0 Å². The summed E-state index contributed by atoms with van der Waals surface area (Å²) in [7, 11) is 1.35. The molecular formula is C18H24BrNO5. The number of carbonyl (C=O) groups excluding carboxylic acids is 2. The van der Waals surface area contributed by atoms with Gasteiger partial charge in [-0.25, -0.2) is 9.59 Å². The average Bonchev–Trinajstić information content (AvgIpc) is 2.55. The largest absolute Gasteiger partial charge is 0.489 e. The SMILES string of the molecule is COC(=O)c1ccc(OC2CCN(C(=O)OC(C)(C)C)CC2)c(Br)c1. The van der Waals surface area contributed by atoms with Gasteiger partial charge >= 0.3 is 12.1 Å². The van der Waals surface area contributed by atoms with Crippen LogP contribution in [0, 0.1) is 0 Å². The predicted octanol–water partition coefficient (Wildman–Crippen LogP) is 4.01. The number of amides is 1. The first-order valence-electron chi connectivity index (χ1n) is 8.22. The Hall–Kier alpha value is -1.76. The highest BCUT2D eigenvalue weighted by molar-refractivity contribution is 9.10. The number of benzene rings is 1. The van der Waals surface area contributed by atoms with Crippen molar-refractivity contribution >= 4 is 28.0 Å². The molecule has 1 amide bonds. The predicted molar refractivity (Wildman–Crippen MR) is 96.9 cm³/mol. The van der Waals surface area contributed by atoms with Crippen molar-refractivity contribution in [2.24, 2.45) is 0 Å². The molecule has 138 valence electrons. The van der Waals surface area contributed by atoms with Gasteiger partial charge in [-0.1, -0.05) is 0 Å². The molecule has 0 saturated carbocycles. The lowest BCUT2D eigenvalue weighted by Gasteiger charge is -2.33. The number of carbonyl (C=O) groups is 2. The van der Waals surface area contributed by atoms with Gasteiger partial charge in [0.25, 0.3) is 0 Å². The van der Waals surface area contributed by atoms with Crippen LogP contribution < -0.4 is 4.74 Å². The molecule has 0 unspecified atom stereocenters. The summed E-state index contributed by atoms with van der Waals surface area (Å²) in [6, 6.07) is 5.09. The Kier molecular flexibility index (Phi) is 6.32. The van der Waals surface area contributed by atoms with Crippen LogP contribution in [0.2, 0.25) is 0 Å². The van der Waals surface area contributed by atoms with Crippen molar-refractivity contribution in [1.29, 1.82) is 0 Å². The molecule has 0 N–H and O–H groups in total.